The molecule has 0 bridgehead atoms. The molecule has 4 nitrogen and oxygen atoms in total. The fourth-order valence-electron chi connectivity index (χ4n) is 2.35. The zero-order valence-corrected chi connectivity index (χ0v) is 11.6. The first-order valence-corrected chi connectivity index (χ1v) is 6.85. The van der Waals surface area contributed by atoms with Crippen LogP contribution in [0.25, 0.3) is 0 Å². The minimum Gasteiger partial charge on any atom is -0.491 e. The Bertz CT molecular complexity index is 706. The highest BCUT2D eigenvalue weighted by atomic mass is 19.2. The molecule has 1 atom stereocenters. The summed E-state index contributed by atoms with van der Waals surface area (Å²) in [6, 6.07) is 10.1. The lowest BCUT2D eigenvalue weighted by Crippen LogP contribution is -2.44. The highest BCUT2D eigenvalue weighted by molar-refractivity contribution is 5.89. The van der Waals surface area contributed by atoms with E-state index in [9.17, 15) is 13.6 Å². The van der Waals surface area contributed by atoms with Gasteiger partial charge >= 0.3 is 6.03 Å². The van der Waals surface area contributed by atoms with E-state index >= 15 is 0 Å². The maximum atomic E-state index is 13.1. The van der Waals surface area contributed by atoms with Gasteiger partial charge in [0.25, 0.3) is 0 Å². The van der Waals surface area contributed by atoms with Crippen molar-refractivity contribution in [2.24, 2.45) is 0 Å². The molecule has 0 saturated carbocycles. The van der Waals surface area contributed by atoms with E-state index in [1.165, 1.54) is 6.07 Å². The second-order valence-electron chi connectivity index (χ2n) is 5.05. The molecule has 114 valence electrons. The Balaban J connectivity index is 1.59. The van der Waals surface area contributed by atoms with E-state index in [0.29, 0.717) is 13.0 Å². The van der Waals surface area contributed by atoms with Crippen LogP contribution < -0.4 is 15.4 Å². The monoisotopic (exact) mass is 304 g/mol. The number of hydrogen-bond acceptors (Lipinski definition) is 2. The van der Waals surface area contributed by atoms with E-state index in [2.05, 4.69) is 10.6 Å². The smallest absolute Gasteiger partial charge is 0.319 e. The van der Waals surface area contributed by atoms with Crippen molar-refractivity contribution in [3.05, 3.63) is 59.7 Å². The average molecular weight is 304 g/mol. The largest absolute Gasteiger partial charge is 0.491 e. The quantitative estimate of drug-likeness (QED) is 0.896. The first kappa shape index (κ1) is 14.3. The molecular formula is C16H14F2N2O2. The fraction of sp³-hybridized carbons (Fsp3) is 0.188. The van der Waals surface area contributed by atoms with Crippen LogP contribution in [0.5, 0.6) is 5.75 Å². The number of carbonyl (C=O) groups excluding carboxylic acids is 1. The molecule has 0 radical (unpaired) electrons. The van der Waals surface area contributed by atoms with Gasteiger partial charge < -0.3 is 15.4 Å². The standard InChI is InChI=1S/C16H14F2N2O2/c17-13-6-5-11(8-14(13)18)19-16(21)20-12-7-10-3-1-2-4-15(10)22-9-12/h1-6,8,12H,7,9H2,(H2,19,20,21)/t12-/m0/s1. The first-order chi connectivity index (χ1) is 10.6. The van der Waals surface area contributed by atoms with Crippen molar-refractivity contribution in [2.45, 2.75) is 12.5 Å². The number of hydrogen-bond donors (Lipinski definition) is 2. The molecule has 1 heterocycles. The molecule has 22 heavy (non-hydrogen) atoms. The van der Waals surface area contributed by atoms with Crippen LogP contribution in [0.2, 0.25) is 0 Å². The lowest BCUT2D eigenvalue weighted by molar-refractivity contribution is 0.222. The average Bonchev–Trinajstić information content (AvgIpc) is 2.51. The molecular weight excluding hydrogens is 290 g/mol. The minimum absolute atomic E-state index is 0.180. The van der Waals surface area contributed by atoms with Crippen LogP contribution in [0.4, 0.5) is 19.3 Å². The maximum absolute atomic E-state index is 13.1. The van der Waals surface area contributed by atoms with Crippen LogP contribution in [0.3, 0.4) is 0 Å². The summed E-state index contributed by atoms with van der Waals surface area (Å²) in [5.41, 5.74) is 1.21. The molecule has 2 aromatic rings. The molecule has 1 aliphatic rings. The molecule has 0 aliphatic carbocycles. The van der Waals surface area contributed by atoms with Gasteiger partial charge in [0, 0.05) is 11.8 Å². The summed E-state index contributed by atoms with van der Waals surface area (Å²) >= 11 is 0. The Hall–Kier alpha value is -2.63. The maximum Gasteiger partial charge on any atom is 0.319 e. The molecule has 0 aromatic heterocycles. The van der Waals surface area contributed by atoms with Gasteiger partial charge in [0.05, 0.1) is 6.04 Å². The number of carbonyl (C=O) groups is 1. The number of para-hydroxylation sites is 1. The SMILES string of the molecule is O=C(Nc1ccc(F)c(F)c1)N[C@@H]1COc2ccccc2C1. The van der Waals surface area contributed by atoms with E-state index in [4.69, 9.17) is 4.74 Å². The van der Waals surface area contributed by atoms with Crippen molar-refractivity contribution >= 4 is 11.7 Å². The number of rotatable bonds is 2. The van der Waals surface area contributed by atoms with Crippen LogP contribution in [-0.4, -0.2) is 18.7 Å². The number of fused-ring (bicyclic) bond motifs is 1. The zero-order valence-electron chi connectivity index (χ0n) is 11.6. The molecule has 3 rings (SSSR count). The molecule has 2 N–H and O–H groups in total. The number of anilines is 1. The van der Waals surface area contributed by atoms with Gasteiger partial charge in [-0.1, -0.05) is 18.2 Å². The lowest BCUT2D eigenvalue weighted by atomic mass is 10.0. The number of halogens is 2. The van der Waals surface area contributed by atoms with E-state index in [-0.39, 0.29) is 11.7 Å². The summed E-state index contributed by atoms with van der Waals surface area (Å²) in [6.45, 7) is 0.363. The number of nitrogens with one attached hydrogen (secondary N) is 2. The number of amides is 2. The van der Waals surface area contributed by atoms with Crippen molar-refractivity contribution in [3.63, 3.8) is 0 Å². The van der Waals surface area contributed by atoms with Gasteiger partial charge in [0.1, 0.15) is 12.4 Å². The van der Waals surface area contributed by atoms with E-state index in [1.807, 2.05) is 24.3 Å². The van der Waals surface area contributed by atoms with Crippen LogP contribution in [0, 0.1) is 11.6 Å². The van der Waals surface area contributed by atoms with Crippen LogP contribution in [0.1, 0.15) is 5.56 Å². The molecule has 0 unspecified atom stereocenters. The lowest BCUT2D eigenvalue weighted by Gasteiger charge is -2.26. The van der Waals surface area contributed by atoms with Crippen molar-refractivity contribution in [2.75, 3.05) is 11.9 Å². The van der Waals surface area contributed by atoms with Crippen molar-refractivity contribution in [1.29, 1.82) is 0 Å². The molecule has 0 fully saturated rings. The second-order valence-corrected chi connectivity index (χ2v) is 5.05. The van der Waals surface area contributed by atoms with Gasteiger partial charge in [-0.25, -0.2) is 13.6 Å². The van der Waals surface area contributed by atoms with Crippen LogP contribution in [-0.2, 0) is 6.42 Å². The summed E-state index contributed by atoms with van der Waals surface area (Å²) in [5, 5.41) is 5.22. The molecule has 0 saturated heterocycles. The summed E-state index contributed by atoms with van der Waals surface area (Å²) in [6.07, 6.45) is 0.654. The van der Waals surface area contributed by atoms with Crippen molar-refractivity contribution < 1.29 is 18.3 Å². The minimum atomic E-state index is -1.01. The second kappa shape index (κ2) is 6.01. The summed E-state index contributed by atoms with van der Waals surface area (Å²) in [4.78, 5) is 11.9. The molecule has 2 aromatic carbocycles. The predicted molar refractivity (Wildman–Crippen MR) is 77.9 cm³/mol. The third kappa shape index (κ3) is 3.16. The Labute approximate surface area is 126 Å². The third-order valence-corrected chi connectivity index (χ3v) is 3.39. The molecule has 2 amide bonds. The van der Waals surface area contributed by atoms with Gasteiger partial charge in [0.15, 0.2) is 11.6 Å². The van der Waals surface area contributed by atoms with Gasteiger partial charge in [0.2, 0.25) is 0 Å². The Morgan fingerprint density at radius 1 is 1.14 bits per heavy atom. The zero-order chi connectivity index (χ0) is 15.5. The van der Waals surface area contributed by atoms with Gasteiger partial charge in [-0.05, 0) is 30.2 Å². The summed E-state index contributed by atoms with van der Waals surface area (Å²) < 4.78 is 31.5. The Kier molecular flexibility index (Phi) is 3.91. The van der Waals surface area contributed by atoms with Crippen molar-refractivity contribution in [3.8, 4) is 5.75 Å². The van der Waals surface area contributed by atoms with Crippen LogP contribution >= 0.6 is 0 Å². The highest BCUT2D eigenvalue weighted by Gasteiger charge is 2.21. The van der Waals surface area contributed by atoms with E-state index in [0.717, 1.165) is 23.4 Å². The number of ether oxygens (including phenoxy) is 1. The molecule has 0 spiro atoms. The first-order valence-electron chi connectivity index (χ1n) is 6.85. The highest BCUT2D eigenvalue weighted by Crippen LogP contribution is 2.23. The number of benzene rings is 2. The normalized spacial score (nSPS) is 16.4. The van der Waals surface area contributed by atoms with Gasteiger partial charge in [-0.3, -0.25) is 0 Å². The summed E-state index contributed by atoms with van der Waals surface area (Å²) in [5.74, 6) is -1.14. The third-order valence-electron chi connectivity index (χ3n) is 3.39. The van der Waals surface area contributed by atoms with Crippen molar-refractivity contribution in [1.82, 2.24) is 5.32 Å². The fourth-order valence-corrected chi connectivity index (χ4v) is 2.35. The van der Waals surface area contributed by atoms with Crippen LogP contribution in [0.15, 0.2) is 42.5 Å². The summed E-state index contributed by atoms with van der Waals surface area (Å²) in [7, 11) is 0. The topological polar surface area (TPSA) is 50.4 Å². The number of urea groups is 1. The predicted octanol–water partition coefficient (Wildman–Crippen LogP) is 3.09. The molecule has 6 heteroatoms. The van der Waals surface area contributed by atoms with E-state index in [1.54, 1.807) is 0 Å². The Morgan fingerprint density at radius 3 is 2.77 bits per heavy atom. The van der Waals surface area contributed by atoms with Gasteiger partial charge in [-0.15, -0.1) is 0 Å². The van der Waals surface area contributed by atoms with Gasteiger partial charge in [-0.2, -0.15) is 0 Å². The molecule has 1 aliphatic heterocycles. The van der Waals surface area contributed by atoms with E-state index < -0.39 is 17.7 Å². The Morgan fingerprint density at radius 2 is 1.95 bits per heavy atom.